The molecule has 5 rings (SSSR count). The number of benzene rings is 2. The molecule has 0 spiro atoms. The third-order valence-corrected chi connectivity index (χ3v) is 9.36. The number of anilines is 1. The Balaban J connectivity index is 1.49. The molecule has 0 unspecified atom stereocenters. The third kappa shape index (κ3) is 6.20. The standard InChI is InChI=1S/C33H33FN4O2S2/c1-3-15-37-30(36-16-13-24(14-17-36)18-23-7-5-4-6-8-23)27(22(2)28(20-35)31(37)39)19-29-32(40)38(33(41)42-29)21-25-9-11-26(34)12-10-25/h4-12,19,24H,3,13-18,21H2,1-2H3/b29-19+. The molecule has 3 aromatic rings. The van der Waals surface area contributed by atoms with Crippen LogP contribution in [0.25, 0.3) is 6.08 Å². The first-order valence-electron chi connectivity index (χ1n) is 14.3. The fourth-order valence-corrected chi connectivity index (χ4v) is 6.99. The number of carbonyl (C=O) groups is 1. The normalized spacial score (nSPS) is 16.9. The number of pyridine rings is 1. The maximum absolute atomic E-state index is 13.6. The van der Waals surface area contributed by atoms with Gasteiger partial charge in [-0.25, -0.2) is 4.39 Å². The summed E-state index contributed by atoms with van der Waals surface area (Å²) in [5.41, 5.74) is 3.19. The van der Waals surface area contributed by atoms with Crippen LogP contribution in [0.5, 0.6) is 0 Å². The van der Waals surface area contributed by atoms with E-state index in [1.807, 2.05) is 13.0 Å². The number of carbonyl (C=O) groups excluding carboxylic acids is 1. The first kappa shape index (κ1) is 29.7. The van der Waals surface area contributed by atoms with Gasteiger partial charge in [0.05, 0.1) is 11.4 Å². The fourth-order valence-electron chi connectivity index (χ4n) is 5.75. The second-order valence-electron chi connectivity index (χ2n) is 10.8. The van der Waals surface area contributed by atoms with Crippen LogP contribution in [0, 0.1) is 30.0 Å². The van der Waals surface area contributed by atoms with E-state index in [0.717, 1.165) is 50.2 Å². The average Bonchev–Trinajstić information content (AvgIpc) is 3.25. The van der Waals surface area contributed by atoms with Crippen molar-refractivity contribution in [3.05, 3.63) is 103 Å². The van der Waals surface area contributed by atoms with Gasteiger partial charge in [0.1, 0.15) is 27.6 Å². The zero-order chi connectivity index (χ0) is 29.8. The summed E-state index contributed by atoms with van der Waals surface area (Å²) < 4.78 is 15.5. The van der Waals surface area contributed by atoms with Gasteiger partial charge < -0.3 is 4.90 Å². The molecule has 2 aromatic carbocycles. The Kier molecular flexibility index (Phi) is 9.24. The SMILES string of the molecule is CCCn1c(N2CCC(Cc3ccccc3)CC2)c(/C=C2/SC(=S)N(Cc3ccc(F)cc3)C2=O)c(C)c(C#N)c1=O. The maximum atomic E-state index is 13.6. The lowest BCUT2D eigenvalue weighted by atomic mass is 9.90. The molecule has 1 aromatic heterocycles. The molecule has 2 fully saturated rings. The highest BCUT2D eigenvalue weighted by atomic mass is 32.2. The number of thiocarbonyl (C=S) groups is 1. The average molecular weight is 601 g/mol. The summed E-state index contributed by atoms with van der Waals surface area (Å²) in [4.78, 5) is 31.3. The Morgan fingerprint density at radius 2 is 1.76 bits per heavy atom. The molecule has 9 heteroatoms. The summed E-state index contributed by atoms with van der Waals surface area (Å²) in [5, 5.41) is 9.95. The Morgan fingerprint density at radius 1 is 1.07 bits per heavy atom. The predicted molar refractivity (Wildman–Crippen MR) is 171 cm³/mol. The van der Waals surface area contributed by atoms with Crippen molar-refractivity contribution < 1.29 is 9.18 Å². The highest BCUT2D eigenvalue weighted by Gasteiger charge is 2.34. The van der Waals surface area contributed by atoms with Crippen molar-refractivity contribution in [1.82, 2.24) is 9.47 Å². The van der Waals surface area contributed by atoms with Crippen LogP contribution in [0.4, 0.5) is 10.2 Å². The van der Waals surface area contributed by atoms with Crippen molar-refractivity contribution in [1.29, 1.82) is 5.26 Å². The summed E-state index contributed by atoms with van der Waals surface area (Å²) in [6, 6.07) is 18.6. The summed E-state index contributed by atoms with van der Waals surface area (Å²) in [6.45, 7) is 6.06. The number of hydrogen-bond donors (Lipinski definition) is 0. The molecule has 6 nitrogen and oxygen atoms in total. The monoisotopic (exact) mass is 600 g/mol. The number of rotatable bonds is 8. The van der Waals surface area contributed by atoms with E-state index < -0.39 is 0 Å². The molecule has 0 aliphatic carbocycles. The largest absolute Gasteiger partial charge is 0.357 e. The molecular weight excluding hydrogens is 568 g/mol. The zero-order valence-corrected chi connectivity index (χ0v) is 25.4. The molecule has 42 heavy (non-hydrogen) atoms. The van der Waals surface area contributed by atoms with Crippen molar-refractivity contribution >= 4 is 46.1 Å². The van der Waals surface area contributed by atoms with Crippen molar-refractivity contribution in [2.24, 2.45) is 5.92 Å². The number of halogens is 1. The van der Waals surface area contributed by atoms with Gasteiger partial charge in [0.25, 0.3) is 11.5 Å². The third-order valence-electron chi connectivity index (χ3n) is 7.98. The predicted octanol–water partition coefficient (Wildman–Crippen LogP) is 6.44. The molecule has 2 saturated heterocycles. The lowest BCUT2D eigenvalue weighted by Gasteiger charge is -2.36. The fraction of sp³-hybridized carbons (Fsp3) is 0.333. The van der Waals surface area contributed by atoms with Crippen molar-refractivity contribution in [2.45, 2.75) is 52.6 Å². The van der Waals surface area contributed by atoms with Crippen molar-refractivity contribution in [3.63, 3.8) is 0 Å². The van der Waals surface area contributed by atoms with Crippen LogP contribution in [-0.2, 0) is 24.3 Å². The van der Waals surface area contributed by atoms with E-state index in [1.165, 1.54) is 34.4 Å². The Morgan fingerprint density at radius 3 is 2.40 bits per heavy atom. The number of aromatic nitrogens is 1. The molecule has 0 N–H and O–H groups in total. The molecule has 2 aliphatic heterocycles. The highest BCUT2D eigenvalue weighted by Crippen LogP contribution is 2.37. The molecule has 3 heterocycles. The molecular formula is C33H33FN4O2S2. The number of nitrogens with zero attached hydrogens (tertiary/aromatic N) is 4. The van der Waals surface area contributed by atoms with E-state index in [4.69, 9.17) is 12.2 Å². The number of piperidine rings is 1. The molecule has 1 amide bonds. The van der Waals surface area contributed by atoms with Gasteiger partial charge in [-0.3, -0.25) is 19.1 Å². The van der Waals surface area contributed by atoms with Gasteiger partial charge >= 0.3 is 0 Å². The lowest BCUT2D eigenvalue weighted by Crippen LogP contribution is -2.40. The van der Waals surface area contributed by atoms with Gasteiger partial charge in [-0.1, -0.05) is 73.4 Å². The second kappa shape index (κ2) is 13.1. The number of nitriles is 1. The topological polar surface area (TPSA) is 69.3 Å². The highest BCUT2D eigenvalue weighted by molar-refractivity contribution is 8.26. The lowest BCUT2D eigenvalue weighted by molar-refractivity contribution is -0.122. The van der Waals surface area contributed by atoms with E-state index in [9.17, 15) is 19.2 Å². The summed E-state index contributed by atoms with van der Waals surface area (Å²) in [7, 11) is 0. The van der Waals surface area contributed by atoms with Crippen LogP contribution in [0.1, 0.15) is 54.0 Å². The van der Waals surface area contributed by atoms with E-state index in [2.05, 4.69) is 35.2 Å². The number of amides is 1. The van der Waals surface area contributed by atoms with Crippen LogP contribution in [0.3, 0.4) is 0 Å². The number of hydrogen-bond acceptors (Lipinski definition) is 6. The second-order valence-corrected chi connectivity index (χ2v) is 12.5. The number of thioether (sulfide) groups is 1. The summed E-state index contributed by atoms with van der Waals surface area (Å²) >= 11 is 6.77. The minimum atomic E-state index is -0.341. The zero-order valence-electron chi connectivity index (χ0n) is 23.8. The molecule has 0 radical (unpaired) electrons. The van der Waals surface area contributed by atoms with Crippen LogP contribution >= 0.6 is 24.0 Å². The molecule has 0 atom stereocenters. The first-order chi connectivity index (χ1) is 20.3. The molecule has 216 valence electrons. The van der Waals surface area contributed by atoms with Gasteiger partial charge in [-0.15, -0.1) is 0 Å². The first-order valence-corrected chi connectivity index (χ1v) is 15.5. The van der Waals surface area contributed by atoms with Crippen molar-refractivity contribution in [2.75, 3.05) is 18.0 Å². The minimum absolute atomic E-state index is 0.0965. The summed E-state index contributed by atoms with van der Waals surface area (Å²) in [5.74, 6) is 0.723. The molecule has 0 bridgehead atoms. The van der Waals surface area contributed by atoms with Gasteiger partial charge in [0.15, 0.2) is 0 Å². The van der Waals surface area contributed by atoms with E-state index in [-0.39, 0.29) is 29.4 Å². The Labute approximate surface area is 255 Å². The van der Waals surface area contributed by atoms with Gasteiger partial charge in [0.2, 0.25) is 0 Å². The van der Waals surface area contributed by atoms with Crippen LogP contribution in [-0.4, -0.2) is 32.8 Å². The van der Waals surface area contributed by atoms with E-state index in [0.29, 0.717) is 32.8 Å². The minimum Gasteiger partial charge on any atom is -0.357 e. The van der Waals surface area contributed by atoms with Crippen LogP contribution in [0.15, 0.2) is 64.3 Å². The van der Waals surface area contributed by atoms with Gasteiger partial charge in [-0.05, 0) is 73.4 Å². The maximum Gasteiger partial charge on any atom is 0.270 e. The summed E-state index contributed by atoms with van der Waals surface area (Å²) in [6.07, 6.45) is 5.51. The van der Waals surface area contributed by atoms with Crippen LogP contribution < -0.4 is 10.5 Å². The van der Waals surface area contributed by atoms with Gasteiger partial charge in [-0.2, -0.15) is 5.26 Å². The quantitative estimate of drug-likeness (QED) is 0.219. The Hall–Kier alpha value is -3.74. The molecule has 2 aliphatic rings. The smallest absolute Gasteiger partial charge is 0.270 e. The Bertz CT molecular complexity index is 1620. The van der Waals surface area contributed by atoms with Crippen molar-refractivity contribution in [3.8, 4) is 6.07 Å². The molecule has 0 saturated carbocycles. The van der Waals surface area contributed by atoms with Gasteiger partial charge in [0, 0.05) is 25.2 Å². The van der Waals surface area contributed by atoms with E-state index >= 15 is 0 Å². The van der Waals surface area contributed by atoms with Crippen LogP contribution in [0.2, 0.25) is 0 Å². The van der Waals surface area contributed by atoms with E-state index in [1.54, 1.807) is 29.7 Å².